The van der Waals surface area contributed by atoms with Crippen LogP contribution in [0.15, 0.2) is 4.52 Å². The number of nitrogens with two attached hydrogens (primary N) is 1. The van der Waals surface area contributed by atoms with Crippen LogP contribution < -0.4 is 5.73 Å². The Morgan fingerprint density at radius 1 is 1.50 bits per heavy atom. The van der Waals surface area contributed by atoms with Crippen molar-refractivity contribution in [1.29, 1.82) is 0 Å². The lowest BCUT2D eigenvalue weighted by Crippen LogP contribution is -2.11. The Kier molecular flexibility index (Phi) is 4.55. The summed E-state index contributed by atoms with van der Waals surface area (Å²) in [7, 11) is 0. The Morgan fingerprint density at radius 3 is 2.93 bits per heavy atom. The van der Waals surface area contributed by atoms with Gasteiger partial charge in [-0.1, -0.05) is 18.5 Å². The molecule has 1 heterocycles. The van der Waals surface area contributed by atoms with Crippen molar-refractivity contribution in [3.8, 4) is 0 Å². The highest BCUT2D eigenvalue weighted by molar-refractivity contribution is 4.91. The topological polar surface area (TPSA) is 74.2 Å². The molecule has 0 saturated carbocycles. The third-order valence-corrected chi connectivity index (χ3v) is 1.84. The van der Waals surface area contributed by atoms with Gasteiger partial charge in [-0.05, 0) is 13.3 Å². The minimum Gasteiger partial charge on any atom is -0.372 e. The van der Waals surface area contributed by atoms with Crippen molar-refractivity contribution in [2.45, 2.75) is 39.3 Å². The zero-order chi connectivity index (χ0) is 10.4. The molecule has 2 N–H and O–H groups in total. The van der Waals surface area contributed by atoms with Gasteiger partial charge in [0.2, 0.25) is 0 Å². The van der Waals surface area contributed by atoms with Crippen molar-refractivity contribution < 1.29 is 9.26 Å². The molecule has 1 aromatic heterocycles. The van der Waals surface area contributed by atoms with Gasteiger partial charge in [-0.25, -0.2) is 0 Å². The number of ether oxygens (including phenoxy) is 1. The van der Waals surface area contributed by atoms with Crippen LogP contribution in [0.4, 0.5) is 0 Å². The van der Waals surface area contributed by atoms with Gasteiger partial charge in [0.25, 0.3) is 5.89 Å². The van der Waals surface area contributed by atoms with E-state index in [-0.39, 0.29) is 6.04 Å². The molecule has 0 aliphatic carbocycles. The lowest BCUT2D eigenvalue weighted by molar-refractivity contribution is 0.109. The van der Waals surface area contributed by atoms with Crippen LogP contribution in [-0.2, 0) is 11.3 Å². The summed E-state index contributed by atoms with van der Waals surface area (Å²) in [5.74, 6) is 1.06. The van der Waals surface area contributed by atoms with Crippen LogP contribution in [0.1, 0.15) is 44.4 Å². The first-order chi connectivity index (χ1) is 6.77. The third-order valence-electron chi connectivity index (χ3n) is 1.84. The van der Waals surface area contributed by atoms with E-state index in [4.69, 9.17) is 15.0 Å². The van der Waals surface area contributed by atoms with Crippen LogP contribution in [0.2, 0.25) is 0 Å². The Labute approximate surface area is 83.6 Å². The Morgan fingerprint density at radius 2 is 2.29 bits per heavy atom. The number of rotatable bonds is 6. The van der Waals surface area contributed by atoms with Gasteiger partial charge in [0, 0.05) is 6.61 Å². The molecule has 0 radical (unpaired) electrons. The molecule has 5 nitrogen and oxygen atoms in total. The molecule has 80 valence electrons. The first kappa shape index (κ1) is 11.1. The molecule has 1 atom stereocenters. The van der Waals surface area contributed by atoms with Crippen LogP contribution >= 0.6 is 0 Å². The van der Waals surface area contributed by atoms with Gasteiger partial charge in [0.15, 0.2) is 5.82 Å². The van der Waals surface area contributed by atoms with E-state index < -0.39 is 0 Å². The molecule has 0 saturated heterocycles. The van der Waals surface area contributed by atoms with Crippen molar-refractivity contribution in [1.82, 2.24) is 10.1 Å². The lowest BCUT2D eigenvalue weighted by atomic mass is 10.2. The van der Waals surface area contributed by atoms with Gasteiger partial charge in [0.1, 0.15) is 6.61 Å². The maximum atomic E-state index is 5.82. The minimum absolute atomic E-state index is 0.126. The highest BCUT2D eigenvalue weighted by Gasteiger charge is 2.12. The molecular formula is C9H17N3O2. The molecule has 5 heteroatoms. The molecule has 1 unspecified atom stereocenters. The van der Waals surface area contributed by atoms with Crippen molar-refractivity contribution in [3.63, 3.8) is 0 Å². The van der Waals surface area contributed by atoms with Gasteiger partial charge >= 0.3 is 0 Å². The average Bonchev–Trinajstić information content (AvgIpc) is 2.63. The van der Waals surface area contributed by atoms with E-state index in [1.54, 1.807) is 0 Å². The molecule has 0 fully saturated rings. The van der Waals surface area contributed by atoms with Gasteiger partial charge < -0.3 is 15.0 Å². The summed E-state index contributed by atoms with van der Waals surface area (Å²) in [4.78, 5) is 4.14. The highest BCUT2D eigenvalue weighted by atomic mass is 16.5. The standard InChI is InChI=1S/C9H17N3O2/c1-3-5-7(10)9-11-8(14-12-9)6-13-4-2/h7H,3-6,10H2,1-2H3. The predicted octanol–water partition coefficient (Wildman–Crippen LogP) is 1.41. The zero-order valence-electron chi connectivity index (χ0n) is 8.69. The fourth-order valence-corrected chi connectivity index (χ4v) is 1.11. The van der Waals surface area contributed by atoms with Crippen molar-refractivity contribution >= 4 is 0 Å². The van der Waals surface area contributed by atoms with Gasteiger partial charge in [-0.3, -0.25) is 0 Å². The molecular weight excluding hydrogens is 182 g/mol. The van der Waals surface area contributed by atoms with Crippen LogP contribution in [0.3, 0.4) is 0 Å². The molecule has 0 amide bonds. The third kappa shape index (κ3) is 3.08. The predicted molar refractivity (Wildman–Crippen MR) is 51.5 cm³/mol. The monoisotopic (exact) mass is 199 g/mol. The maximum absolute atomic E-state index is 5.82. The first-order valence-electron chi connectivity index (χ1n) is 4.93. The van der Waals surface area contributed by atoms with E-state index >= 15 is 0 Å². The van der Waals surface area contributed by atoms with Crippen LogP contribution in [0.5, 0.6) is 0 Å². The average molecular weight is 199 g/mol. The summed E-state index contributed by atoms with van der Waals surface area (Å²) in [6.45, 7) is 4.99. The van der Waals surface area contributed by atoms with Crippen molar-refractivity contribution in [2.24, 2.45) is 5.73 Å². The zero-order valence-corrected chi connectivity index (χ0v) is 8.69. The van der Waals surface area contributed by atoms with Gasteiger partial charge in [0.05, 0.1) is 6.04 Å². The van der Waals surface area contributed by atoms with Crippen molar-refractivity contribution in [3.05, 3.63) is 11.7 Å². The fourth-order valence-electron chi connectivity index (χ4n) is 1.11. The lowest BCUT2D eigenvalue weighted by Gasteiger charge is -2.02. The normalized spacial score (nSPS) is 13.1. The quantitative estimate of drug-likeness (QED) is 0.749. The van der Waals surface area contributed by atoms with Crippen molar-refractivity contribution in [2.75, 3.05) is 6.61 Å². The smallest absolute Gasteiger partial charge is 0.252 e. The van der Waals surface area contributed by atoms with Crippen LogP contribution in [-0.4, -0.2) is 16.7 Å². The second-order valence-corrected chi connectivity index (χ2v) is 3.08. The summed E-state index contributed by atoms with van der Waals surface area (Å²) < 4.78 is 10.1. The number of hydrogen-bond acceptors (Lipinski definition) is 5. The van der Waals surface area contributed by atoms with E-state index in [1.165, 1.54) is 0 Å². The minimum atomic E-state index is -0.126. The Balaban J connectivity index is 2.49. The van der Waals surface area contributed by atoms with E-state index in [1.807, 2.05) is 6.92 Å². The molecule has 0 aliphatic rings. The van der Waals surface area contributed by atoms with Gasteiger partial charge in [-0.2, -0.15) is 4.98 Å². The molecule has 1 rings (SSSR count). The Bertz CT molecular complexity index is 262. The summed E-state index contributed by atoms with van der Waals surface area (Å²) in [5.41, 5.74) is 5.82. The molecule has 0 aliphatic heterocycles. The molecule has 0 aromatic carbocycles. The van der Waals surface area contributed by atoms with E-state index in [2.05, 4.69) is 17.1 Å². The maximum Gasteiger partial charge on any atom is 0.252 e. The molecule has 0 bridgehead atoms. The molecule has 0 spiro atoms. The summed E-state index contributed by atoms with van der Waals surface area (Å²) in [5, 5.41) is 3.80. The van der Waals surface area contributed by atoms with E-state index in [0.29, 0.717) is 24.9 Å². The van der Waals surface area contributed by atoms with E-state index in [9.17, 15) is 0 Å². The highest BCUT2D eigenvalue weighted by Crippen LogP contribution is 2.12. The summed E-state index contributed by atoms with van der Waals surface area (Å²) >= 11 is 0. The number of nitrogens with zero attached hydrogens (tertiary/aromatic N) is 2. The van der Waals surface area contributed by atoms with Crippen LogP contribution in [0.25, 0.3) is 0 Å². The molecule has 1 aromatic rings. The largest absolute Gasteiger partial charge is 0.372 e. The SMILES string of the molecule is CCCC(N)c1noc(COCC)n1. The number of aromatic nitrogens is 2. The van der Waals surface area contributed by atoms with E-state index in [0.717, 1.165) is 12.8 Å². The summed E-state index contributed by atoms with van der Waals surface area (Å²) in [6, 6.07) is -0.126. The van der Waals surface area contributed by atoms with Gasteiger partial charge in [-0.15, -0.1) is 0 Å². The summed E-state index contributed by atoms with van der Waals surface area (Å²) in [6.07, 6.45) is 1.88. The van der Waals surface area contributed by atoms with Crippen LogP contribution in [0, 0.1) is 0 Å². The second-order valence-electron chi connectivity index (χ2n) is 3.08. The number of hydrogen-bond donors (Lipinski definition) is 1. The first-order valence-corrected chi connectivity index (χ1v) is 4.93. The Hall–Kier alpha value is -0.940. The molecule has 14 heavy (non-hydrogen) atoms. The fraction of sp³-hybridized carbons (Fsp3) is 0.778. The second kappa shape index (κ2) is 5.72.